The van der Waals surface area contributed by atoms with Crippen LogP contribution in [0.5, 0.6) is 0 Å². The molecular formula is C14H22N2O3S. The first-order valence-electron chi connectivity index (χ1n) is 7.04. The van der Waals surface area contributed by atoms with E-state index in [0.29, 0.717) is 23.7 Å². The largest absolute Gasteiger partial charge is 0.384 e. The highest BCUT2D eigenvalue weighted by molar-refractivity contribution is 7.89. The van der Waals surface area contributed by atoms with Crippen molar-refractivity contribution in [1.82, 2.24) is 4.72 Å². The monoisotopic (exact) mass is 298 g/mol. The fourth-order valence-corrected chi connectivity index (χ4v) is 3.45. The van der Waals surface area contributed by atoms with Crippen molar-refractivity contribution in [3.63, 3.8) is 0 Å². The molecule has 5 nitrogen and oxygen atoms in total. The van der Waals surface area contributed by atoms with Gasteiger partial charge in [-0.3, -0.25) is 0 Å². The van der Waals surface area contributed by atoms with Gasteiger partial charge in [-0.2, -0.15) is 0 Å². The van der Waals surface area contributed by atoms with Gasteiger partial charge < -0.3 is 10.1 Å². The summed E-state index contributed by atoms with van der Waals surface area (Å²) in [4.78, 5) is 0.312. The zero-order chi connectivity index (χ0) is 14.4. The summed E-state index contributed by atoms with van der Waals surface area (Å²) in [6.45, 7) is 4.59. The second kappa shape index (κ2) is 7.06. The summed E-state index contributed by atoms with van der Waals surface area (Å²) in [5, 5.41) is 3.15. The molecule has 112 valence electrons. The van der Waals surface area contributed by atoms with Crippen LogP contribution in [0.2, 0.25) is 0 Å². The molecule has 0 saturated carbocycles. The lowest BCUT2D eigenvalue weighted by Gasteiger charge is -2.14. The van der Waals surface area contributed by atoms with Gasteiger partial charge in [-0.1, -0.05) is 19.1 Å². The van der Waals surface area contributed by atoms with Crippen molar-refractivity contribution in [3.05, 3.63) is 24.3 Å². The van der Waals surface area contributed by atoms with Crippen molar-refractivity contribution < 1.29 is 13.2 Å². The Hall–Kier alpha value is -1.11. The average Bonchev–Trinajstić information content (AvgIpc) is 2.97. The fraction of sp³-hybridized carbons (Fsp3) is 0.571. The van der Waals surface area contributed by atoms with Crippen molar-refractivity contribution in [2.75, 3.05) is 31.6 Å². The summed E-state index contributed by atoms with van der Waals surface area (Å²) in [7, 11) is -3.48. The summed E-state index contributed by atoms with van der Waals surface area (Å²) in [6, 6.07) is 7.00. The molecule has 2 rings (SSSR count). The molecular weight excluding hydrogens is 276 g/mol. The molecule has 0 aliphatic carbocycles. The van der Waals surface area contributed by atoms with Crippen LogP contribution in [-0.4, -0.2) is 34.7 Å². The van der Waals surface area contributed by atoms with E-state index in [-0.39, 0.29) is 5.92 Å². The van der Waals surface area contributed by atoms with Crippen LogP contribution in [0.1, 0.15) is 19.8 Å². The second-order valence-corrected chi connectivity index (χ2v) is 6.74. The molecule has 1 unspecified atom stereocenters. The molecule has 1 aromatic carbocycles. The van der Waals surface area contributed by atoms with Crippen molar-refractivity contribution in [1.29, 1.82) is 0 Å². The molecule has 1 aliphatic heterocycles. The maximum Gasteiger partial charge on any atom is 0.242 e. The molecule has 1 saturated heterocycles. The van der Waals surface area contributed by atoms with Crippen molar-refractivity contribution in [3.8, 4) is 0 Å². The first kappa shape index (κ1) is 15.3. The van der Waals surface area contributed by atoms with E-state index in [1.54, 1.807) is 18.2 Å². The number of hydrogen-bond acceptors (Lipinski definition) is 4. The fourth-order valence-electron chi connectivity index (χ4n) is 2.16. The molecule has 0 radical (unpaired) electrons. The molecule has 2 N–H and O–H groups in total. The predicted molar refractivity (Wildman–Crippen MR) is 79.3 cm³/mol. The molecule has 1 atom stereocenters. The van der Waals surface area contributed by atoms with Crippen molar-refractivity contribution in [2.45, 2.75) is 24.7 Å². The standard InChI is InChI=1S/C14H22N2O3S/c1-2-8-15-13-5-3-4-6-14(13)20(17,18)16-10-12-7-9-19-11-12/h3-6,12,15-16H,2,7-11H2,1H3. The molecule has 0 bridgehead atoms. The van der Waals surface area contributed by atoms with Crippen LogP contribution in [0.3, 0.4) is 0 Å². The number of ether oxygens (including phenoxy) is 1. The highest BCUT2D eigenvalue weighted by Gasteiger charge is 2.22. The van der Waals surface area contributed by atoms with E-state index in [9.17, 15) is 8.42 Å². The van der Waals surface area contributed by atoms with Gasteiger partial charge in [-0.05, 0) is 30.9 Å². The number of anilines is 1. The van der Waals surface area contributed by atoms with E-state index >= 15 is 0 Å². The van der Waals surface area contributed by atoms with Crippen LogP contribution in [0.4, 0.5) is 5.69 Å². The van der Waals surface area contributed by atoms with Crippen LogP contribution in [-0.2, 0) is 14.8 Å². The van der Waals surface area contributed by atoms with Gasteiger partial charge in [0.2, 0.25) is 10.0 Å². The van der Waals surface area contributed by atoms with Gasteiger partial charge in [0.15, 0.2) is 0 Å². The normalized spacial score (nSPS) is 19.1. The molecule has 0 spiro atoms. The Bertz CT molecular complexity index is 525. The average molecular weight is 298 g/mol. The quantitative estimate of drug-likeness (QED) is 0.806. The number of hydrogen-bond donors (Lipinski definition) is 2. The number of nitrogens with one attached hydrogen (secondary N) is 2. The van der Waals surface area contributed by atoms with Crippen LogP contribution in [0, 0.1) is 5.92 Å². The third-order valence-electron chi connectivity index (χ3n) is 3.33. The van der Waals surface area contributed by atoms with E-state index < -0.39 is 10.0 Å². The lowest BCUT2D eigenvalue weighted by atomic mass is 10.1. The van der Waals surface area contributed by atoms with E-state index in [1.807, 2.05) is 13.0 Å². The van der Waals surface area contributed by atoms with E-state index in [0.717, 1.165) is 26.0 Å². The van der Waals surface area contributed by atoms with Crippen molar-refractivity contribution >= 4 is 15.7 Å². The Labute approximate surface area is 120 Å². The van der Waals surface area contributed by atoms with Crippen molar-refractivity contribution in [2.24, 2.45) is 5.92 Å². The summed E-state index contributed by atoms with van der Waals surface area (Å²) in [6.07, 6.45) is 1.86. The minimum atomic E-state index is -3.48. The topological polar surface area (TPSA) is 67.4 Å². The maximum atomic E-state index is 12.4. The van der Waals surface area contributed by atoms with Gasteiger partial charge in [-0.25, -0.2) is 13.1 Å². The Balaban J connectivity index is 2.07. The highest BCUT2D eigenvalue weighted by atomic mass is 32.2. The molecule has 1 heterocycles. The first-order chi connectivity index (χ1) is 9.63. The van der Waals surface area contributed by atoms with Crippen LogP contribution in [0.25, 0.3) is 0 Å². The summed E-state index contributed by atoms with van der Waals surface area (Å²) in [5.41, 5.74) is 0.657. The van der Waals surface area contributed by atoms with E-state index in [1.165, 1.54) is 0 Å². The summed E-state index contributed by atoms with van der Waals surface area (Å²) < 4.78 is 32.7. The van der Waals surface area contributed by atoms with E-state index in [4.69, 9.17) is 4.74 Å². The van der Waals surface area contributed by atoms with E-state index in [2.05, 4.69) is 10.0 Å². The number of para-hydroxylation sites is 1. The number of sulfonamides is 1. The van der Waals surface area contributed by atoms with Gasteiger partial charge in [0, 0.05) is 19.7 Å². The Morgan fingerprint density at radius 2 is 2.15 bits per heavy atom. The van der Waals surface area contributed by atoms with Gasteiger partial charge in [0.1, 0.15) is 4.90 Å². The molecule has 0 amide bonds. The van der Waals surface area contributed by atoms with Gasteiger partial charge in [-0.15, -0.1) is 0 Å². The first-order valence-corrected chi connectivity index (χ1v) is 8.52. The summed E-state index contributed by atoms with van der Waals surface area (Å²) in [5.74, 6) is 0.278. The zero-order valence-electron chi connectivity index (χ0n) is 11.8. The third-order valence-corrected chi connectivity index (χ3v) is 4.81. The third kappa shape index (κ3) is 3.94. The smallest absolute Gasteiger partial charge is 0.242 e. The Kier molecular flexibility index (Phi) is 5.39. The number of rotatable bonds is 7. The van der Waals surface area contributed by atoms with Crippen LogP contribution in [0.15, 0.2) is 29.2 Å². The molecule has 0 aromatic heterocycles. The summed E-state index contributed by atoms with van der Waals surface area (Å²) >= 11 is 0. The van der Waals surface area contributed by atoms with Crippen LogP contribution < -0.4 is 10.0 Å². The minimum absolute atomic E-state index is 0.278. The Morgan fingerprint density at radius 1 is 1.35 bits per heavy atom. The molecule has 1 fully saturated rings. The number of benzene rings is 1. The predicted octanol–water partition coefficient (Wildman–Crippen LogP) is 1.82. The van der Waals surface area contributed by atoms with Gasteiger partial charge >= 0.3 is 0 Å². The molecule has 6 heteroatoms. The molecule has 1 aliphatic rings. The molecule has 20 heavy (non-hydrogen) atoms. The maximum absolute atomic E-state index is 12.4. The lowest BCUT2D eigenvalue weighted by molar-refractivity contribution is 0.186. The van der Waals surface area contributed by atoms with Gasteiger partial charge in [0.25, 0.3) is 0 Å². The minimum Gasteiger partial charge on any atom is -0.384 e. The second-order valence-electron chi connectivity index (χ2n) is 5.00. The Morgan fingerprint density at radius 3 is 2.85 bits per heavy atom. The van der Waals surface area contributed by atoms with Crippen LogP contribution >= 0.6 is 0 Å². The SMILES string of the molecule is CCCNc1ccccc1S(=O)(=O)NCC1CCOC1. The highest BCUT2D eigenvalue weighted by Crippen LogP contribution is 2.21. The zero-order valence-corrected chi connectivity index (χ0v) is 12.6. The van der Waals surface area contributed by atoms with Gasteiger partial charge in [0.05, 0.1) is 12.3 Å². The lowest BCUT2D eigenvalue weighted by Crippen LogP contribution is -2.30. The molecule has 1 aromatic rings.